The summed E-state index contributed by atoms with van der Waals surface area (Å²) in [6, 6.07) is 9.30. The molecule has 1 aromatic heterocycles. The Morgan fingerprint density at radius 3 is 2.73 bits per heavy atom. The first-order valence-electron chi connectivity index (χ1n) is 4.68. The molecule has 0 fully saturated rings. The molecule has 0 saturated carbocycles. The molecule has 4 heteroatoms. The molecule has 1 heterocycles. The van der Waals surface area contributed by atoms with Gasteiger partial charge in [-0.1, -0.05) is 24.3 Å². The molecule has 0 radical (unpaired) electrons. The van der Waals surface area contributed by atoms with E-state index in [4.69, 9.17) is 0 Å². The van der Waals surface area contributed by atoms with Crippen molar-refractivity contribution in [2.45, 2.75) is 6.92 Å². The minimum Gasteiger partial charge on any atom is -0.289 e. The third kappa shape index (κ3) is 1.88. The molecule has 15 heavy (non-hydrogen) atoms. The lowest BCUT2D eigenvalue weighted by molar-refractivity contribution is 0.840. The first-order valence-corrected chi connectivity index (χ1v) is 4.68. The van der Waals surface area contributed by atoms with Crippen molar-refractivity contribution in [1.29, 1.82) is 0 Å². The fraction of sp³-hybridized carbons (Fsp3) is 0.0909. The van der Waals surface area contributed by atoms with Gasteiger partial charge in [-0.3, -0.25) is 4.98 Å². The average molecular weight is 201 g/mol. The van der Waals surface area contributed by atoms with Gasteiger partial charge >= 0.3 is 5.69 Å². The summed E-state index contributed by atoms with van der Waals surface area (Å²) in [5, 5.41) is 4.13. The minimum absolute atomic E-state index is 0.227. The maximum atomic E-state index is 11.5. The summed E-state index contributed by atoms with van der Waals surface area (Å²) in [7, 11) is 0. The number of rotatable bonds is 2. The van der Waals surface area contributed by atoms with Crippen molar-refractivity contribution in [1.82, 2.24) is 14.8 Å². The maximum absolute atomic E-state index is 11.5. The van der Waals surface area contributed by atoms with E-state index in [0.717, 1.165) is 5.69 Å². The molecule has 4 nitrogen and oxygen atoms in total. The van der Waals surface area contributed by atoms with E-state index in [9.17, 15) is 4.79 Å². The smallest absolute Gasteiger partial charge is 0.289 e. The van der Waals surface area contributed by atoms with Crippen LogP contribution in [0.15, 0.2) is 41.2 Å². The van der Waals surface area contributed by atoms with Crippen LogP contribution in [0.3, 0.4) is 0 Å². The monoisotopic (exact) mass is 201 g/mol. The zero-order valence-corrected chi connectivity index (χ0v) is 8.34. The summed E-state index contributed by atoms with van der Waals surface area (Å²) in [6.45, 7) is 1.87. The van der Waals surface area contributed by atoms with E-state index in [1.165, 1.54) is 4.68 Å². The van der Waals surface area contributed by atoms with Gasteiger partial charge in [0.1, 0.15) is 0 Å². The lowest BCUT2D eigenvalue weighted by Crippen LogP contribution is -2.15. The van der Waals surface area contributed by atoms with Crippen molar-refractivity contribution >= 4 is 6.08 Å². The number of hydrogen-bond acceptors (Lipinski definition) is 2. The number of benzene rings is 1. The van der Waals surface area contributed by atoms with E-state index < -0.39 is 0 Å². The lowest BCUT2D eigenvalue weighted by Gasteiger charge is -1.96. The molecule has 0 aliphatic rings. The summed E-state index contributed by atoms with van der Waals surface area (Å²) in [6.07, 6.45) is 3.58. The van der Waals surface area contributed by atoms with Crippen LogP contribution in [0, 0.1) is 0 Å². The molecule has 1 aromatic carbocycles. The largest absolute Gasteiger partial charge is 0.348 e. The van der Waals surface area contributed by atoms with Gasteiger partial charge < -0.3 is 0 Å². The third-order valence-corrected chi connectivity index (χ3v) is 1.96. The van der Waals surface area contributed by atoms with E-state index in [1.807, 2.05) is 43.3 Å². The summed E-state index contributed by atoms with van der Waals surface area (Å²) in [5.74, 6) is 0.561. The maximum Gasteiger partial charge on any atom is 0.348 e. The Kier molecular flexibility index (Phi) is 2.49. The Morgan fingerprint density at radius 2 is 2.07 bits per heavy atom. The molecule has 0 bridgehead atoms. The van der Waals surface area contributed by atoms with Crippen molar-refractivity contribution in [3.63, 3.8) is 0 Å². The summed E-state index contributed by atoms with van der Waals surface area (Å²) in [5.41, 5.74) is 0.531. The van der Waals surface area contributed by atoms with Gasteiger partial charge in [0.25, 0.3) is 0 Å². The van der Waals surface area contributed by atoms with E-state index >= 15 is 0 Å². The van der Waals surface area contributed by atoms with Crippen LogP contribution in [-0.4, -0.2) is 14.8 Å². The molecular weight excluding hydrogens is 190 g/mol. The standard InChI is InChI=1S/C11H11N3O/c1-2-6-10-12-11(15)14(13-10)9-7-4-3-5-8-9/h2-8H,1H3,(H,12,13,15). The van der Waals surface area contributed by atoms with Crippen molar-refractivity contribution in [3.05, 3.63) is 52.7 Å². The predicted octanol–water partition coefficient (Wildman–Crippen LogP) is 1.59. The molecule has 2 aromatic rings. The number of H-pyrrole nitrogens is 1. The van der Waals surface area contributed by atoms with Gasteiger partial charge in [-0.15, -0.1) is 5.10 Å². The Labute approximate surface area is 86.9 Å². The summed E-state index contributed by atoms with van der Waals surface area (Å²) < 4.78 is 1.34. The molecule has 0 aliphatic heterocycles. The van der Waals surface area contributed by atoms with Gasteiger partial charge in [0.2, 0.25) is 0 Å². The van der Waals surface area contributed by atoms with Crippen LogP contribution in [0.4, 0.5) is 0 Å². The van der Waals surface area contributed by atoms with Crippen molar-refractivity contribution < 1.29 is 0 Å². The molecule has 0 spiro atoms. The van der Waals surface area contributed by atoms with Crippen LogP contribution in [0.5, 0.6) is 0 Å². The highest BCUT2D eigenvalue weighted by molar-refractivity contribution is 5.39. The number of aromatic nitrogens is 3. The number of allylic oxidation sites excluding steroid dienone is 1. The van der Waals surface area contributed by atoms with Gasteiger partial charge in [0.05, 0.1) is 5.69 Å². The molecule has 2 rings (SSSR count). The van der Waals surface area contributed by atoms with E-state index in [2.05, 4.69) is 10.1 Å². The van der Waals surface area contributed by atoms with Gasteiger partial charge in [-0.05, 0) is 25.1 Å². The Morgan fingerprint density at radius 1 is 1.33 bits per heavy atom. The number of para-hydroxylation sites is 1. The Hall–Kier alpha value is -2.10. The lowest BCUT2D eigenvalue weighted by atomic mass is 10.3. The van der Waals surface area contributed by atoms with Gasteiger partial charge in [0, 0.05) is 0 Å². The van der Waals surface area contributed by atoms with Crippen molar-refractivity contribution in [2.24, 2.45) is 0 Å². The van der Waals surface area contributed by atoms with Gasteiger partial charge in [-0.25, -0.2) is 4.79 Å². The van der Waals surface area contributed by atoms with Crippen LogP contribution in [0.2, 0.25) is 0 Å². The molecule has 0 amide bonds. The minimum atomic E-state index is -0.227. The SMILES string of the molecule is CC=Cc1nn(-c2ccccc2)c(=O)[nH]1. The molecule has 1 N–H and O–H groups in total. The molecule has 0 saturated heterocycles. The Bertz CT molecular complexity index is 522. The predicted molar refractivity (Wildman–Crippen MR) is 58.9 cm³/mol. The normalized spacial score (nSPS) is 11.0. The molecule has 0 atom stereocenters. The highest BCUT2D eigenvalue weighted by Crippen LogP contribution is 2.02. The Balaban J connectivity index is 2.50. The number of hydrogen-bond donors (Lipinski definition) is 1. The summed E-state index contributed by atoms with van der Waals surface area (Å²) in [4.78, 5) is 14.2. The first-order chi connectivity index (χ1) is 7.31. The third-order valence-electron chi connectivity index (χ3n) is 1.96. The zero-order valence-electron chi connectivity index (χ0n) is 8.34. The topological polar surface area (TPSA) is 50.7 Å². The fourth-order valence-electron chi connectivity index (χ4n) is 1.32. The second-order valence-electron chi connectivity index (χ2n) is 3.06. The second-order valence-corrected chi connectivity index (χ2v) is 3.06. The van der Waals surface area contributed by atoms with Crippen LogP contribution < -0.4 is 5.69 Å². The highest BCUT2D eigenvalue weighted by atomic mass is 16.1. The zero-order chi connectivity index (χ0) is 10.7. The van der Waals surface area contributed by atoms with Crippen LogP contribution in [0.25, 0.3) is 11.8 Å². The van der Waals surface area contributed by atoms with Crippen LogP contribution in [0.1, 0.15) is 12.7 Å². The van der Waals surface area contributed by atoms with E-state index in [0.29, 0.717) is 5.82 Å². The van der Waals surface area contributed by atoms with Crippen LogP contribution in [-0.2, 0) is 0 Å². The van der Waals surface area contributed by atoms with Gasteiger partial charge in [0.15, 0.2) is 5.82 Å². The quantitative estimate of drug-likeness (QED) is 0.802. The molecule has 0 unspecified atom stereocenters. The number of aromatic amines is 1. The first kappa shape index (κ1) is 9.45. The number of nitrogens with zero attached hydrogens (tertiary/aromatic N) is 2. The van der Waals surface area contributed by atoms with E-state index in [-0.39, 0.29) is 5.69 Å². The summed E-state index contributed by atoms with van der Waals surface area (Å²) >= 11 is 0. The second kappa shape index (κ2) is 3.96. The molecule has 0 aliphatic carbocycles. The van der Waals surface area contributed by atoms with Crippen molar-refractivity contribution in [2.75, 3.05) is 0 Å². The number of nitrogens with one attached hydrogen (secondary N) is 1. The molecule has 76 valence electrons. The van der Waals surface area contributed by atoms with Crippen molar-refractivity contribution in [3.8, 4) is 5.69 Å². The highest BCUT2D eigenvalue weighted by Gasteiger charge is 2.03. The van der Waals surface area contributed by atoms with Gasteiger partial charge in [-0.2, -0.15) is 4.68 Å². The average Bonchev–Trinajstić information content (AvgIpc) is 2.61. The van der Waals surface area contributed by atoms with E-state index in [1.54, 1.807) is 6.08 Å². The molecular formula is C11H11N3O. The fourth-order valence-corrected chi connectivity index (χ4v) is 1.32. The van der Waals surface area contributed by atoms with Crippen LogP contribution >= 0.6 is 0 Å².